The van der Waals surface area contributed by atoms with E-state index in [2.05, 4.69) is 173 Å². The Balaban J connectivity index is 1.40. The summed E-state index contributed by atoms with van der Waals surface area (Å²) in [6.07, 6.45) is 0. The van der Waals surface area contributed by atoms with Gasteiger partial charge in [0.05, 0.1) is 22.1 Å². The second kappa shape index (κ2) is 10.3. The Morgan fingerprint density at radius 1 is 0.467 bits per heavy atom. The van der Waals surface area contributed by atoms with Crippen LogP contribution in [0.25, 0.3) is 60.6 Å². The van der Waals surface area contributed by atoms with Crippen molar-refractivity contribution >= 4 is 60.8 Å². The predicted octanol–water partition coefficient (Wildman–Crippen LogP) is 11.8. The van der Waals surface area contributed by atoms with E-state index < -0.39 is 0 Å². The van der Waals surface area contributed by atoms with Crippen LogP contribution in [-0.2, 0) is 0 Å². The van der Waals surface area contributed by atoms with Crippen molar-refractivity contribution in [2.24, 2.45) is 0 Å². The zero-order valence-electron chi connectivity index (χ0n) is 24.5. The second-order valence-corrected chi connectivity index (χ2v) is 11.4. The number of nitrogens with zero attached hydrogens (tertiary/aromatic N) is 2. The molecule has 212 valence electrons. The van der Waals surface area contributed by atoms with Crippen LogP contribution in [0.2, 0.25) is 0 Å². The molecule has 0 spiro atoms. The van der Waals surface area contributed by atoms with E-state index >= 15 is 0 Å². The third kappa shape index (κ3) is 4.05. The van der Waals surface area contributed by atoms with Crippen molar-refractivity contribution in [1.29, 1.82) is 0 Å². The van der Waals surface area contributed by atoms with Gasteiger partial charge in [-0.3, -0.25) is 0 Å². The molecule has 0 saturated carbocycles. The van der Waals surface area contributed by atoms with E-state index in [-0.39, 0.29) is 0 Å². The van der Waals surface area contributed by atoms with Gasteiger partial charge < -0.3 is 13.9 Å². The SMILES string of the molecule is c1ccc(-c2ccc(N(c3ccccc3)c3cc4c5ccccc5n(-c5ccccc5)c4c4c3oc3ccccc34)cc2)cc1. The maximum absolute atomic E-state index is 6.84. The molecule has 0 aliphatic rings. The van der Waals surface area contributed by atoms with E-state index in [0.29, 0.717) is 0 Å². The number of anilines is 3. The lowest BCUT2D eigenvalue weighted by Gasteiger charge is -2.26. The molecule has 0 aliphatic heterocycles. The third-order valence-corrected chi connectivity index (χ3v) is 8.76. The summed E-state index contributed by atoms with van der Waals surface area (Å²) in [7, 11) is 0. The molecule has 0 aliphatic carbocycles. The molecule has 7 aromatic carbocycles. The molecule has 3 nitrogen and oxygen atoms in total. The lowest BCUT2D eigenvalue weighted by Crippen LogP contribution is -2.10. The first kappa shape index (κ1) is 25.4. The Kier molecular flexibility index (Phi) is 5.82. The van der Waals surface area contributed by atoms with Crippen molar-refractivity contribution in [3.63, 3.8) is 0 Å². The Labute approximate surface area is 260 Å². The smallest absolute Gasteiger partial charge is 0.161 e. The fourth-order valence-corrected chi connectivity index (χ4v) is 6.77. The van der Waals surface area contributed by atoms with E-state index in [0.717, 1.165) is 50.2 Å². The molecule has 9 rings (SSSR count). The minimum Gasteiger partial charge on any atom is -0.454 e. The van der Waals surface area contributed by atoms with Crippen molar-refractivity contribution in [2.75, 3.05) is 4.90 Å². The fraction of sp³-hybridized carbons (Fsp3) is 0. The molecule has 0 bridgehead atoms. The van der Waals surface area contributed by atoms with Crippen molar-refractivity contribution in [1.82, 2.24) is 4.57 Å². The summed E-state index contributed by atoms with van der Waals surface area (Å²) < 4.78 is 9.23. The van der Waals surface area contributed by atoms with Crippen LogP contribution >= 0.6 is 0 Å². The standard InChI is InChI=1S/C42H28N2O/c1-4-14-29(15-5-1)30-24-26-33(27-25-30)43(31-16-6-2-7-17-31)38-28-36-34-20-10-12-22-37(34)44(32-18-8-3-9-19-32)41(36)40-35-21-11-13-23-39(35)45-42(38)40/h1-28H. The highest BCUT2D eigenvalue weighted by Crippen LogP contribution is 2.48. The lowest BCUT2D eigenvalue weighted by molar-refractivity contribution is 0.669. The van der Waals surface area contributed by atoms with Crippen LogP contribution in [0.15, 0.2) is 174 Å². The first-order chi connectivity index (χ1) is 22.3. The Bertz CT molecular complexity index is 2460. The van der Waals surface area contributed by atoms with Gasteiger partial charge in [0.2, 0.25) is 0 Å². The summed E-state index contributed by atoms with van der Waals surface area (Å²) in [5, 5.41) is 4.61. The van der Waals surface area contributed by atoms with Gasteiger partial charge in [-0.25, -0.2) is 0 Å². The minimum atomic E-state index is 0.861. The van der Waals surface area contributed by atoms with Gasteiger partial charge in [0.1, 0.15) is 5.58 Å². The minimum absolute atomic E-state index is 0.861. The quantitative estimate of drug-likeness (QED) is 0.203. The molecule has 2 heterocycles. The van der Waals surface area contributed by atoms with E-state index in [1.54, 1.807) is 0 Å². The average Bonchev–Trinajstić information content (AvgIpc) is 3.66. The maximum Gasteiger partial charge on any atom is 0.161 e. The first-order valence-electron chi connectivity index (χ1n) is 15.3. The van der Waals surface area contributed by atoms with E-state index in [9.17, 15) is 0 Å². The summed E-state index contributed by atoms with van der Waals surface area (Å²) >= 11 is 0. The largest absolute Gasteiger partial charge is 0.454 e. The van der Waals surface area contributed by atoms with Crippen LogP contribution in [0.1, 0.15) is 0 Å². The zero-order chi connectivity index (χ0) is 29.7. The summed E-state index contributed by atoms with van der Waals surface area (Å²) in [5.74, 6) is 0. The molecule has 0 radical (unpaired) electrons. The van der Waals surface area contributed by atoms with Gasteiger partial charge in [-0.1, -0.05) is 115 Å². The van der Waals surface area contributed by atoms with Gasteiger partial charge in [0.15, 0.2) is 5.58 Å². The number of rotatable bonds is 5. The van der Waals surface area contributed by atoms with Crippen molar-refractivity contribution < 1.29 is 4.42 Å². The average molecular weight is 577 g/mol. The normalized spacial score (nSPS) is 11.6. The Hall–Kier alpha value is -6.06. The van der Waals surface area contributed by atoms with E-state index in [4.69, 9.17) is 4.42 Å². The molecule has 45 heavy (non-hydrogen) atoms. The summed E-state index contributed by atoms with van der Waals surface area (Å²) in [6, 6.07) is 60.0. The zero-order valence-corrected chi connectivity index (χ0v) is 24.5. The van der Waals surface area contributed by atoms with Crippen LogP contribution in [0, 0.1) is 0 Å². The number of fused-ring (bicyclic) bond motifs is 7. The third-order valence-electron chi connectivity index (χ3n) is 8.76. The molecule has 0 fully saturated rings. The first-order valence-corrected chi connectivity index (χ1v) is 15.3. The Morgan fingerprint density at radius 2 is 1.04 bits per heavy atom. The molecule has 0 amide bonds. The van der Waals surface area contributed by atoms with Gasteiger partial charge in [-0.05, 0) is 65.7 Å². The molecule has 0 saturated heterocycles. The lowest BCUT2D eigenvalue weighted by atomic mass is 10.0. The molecule has 9 aromatic rings. The highest BCUT2D eigenvalue weighted by atomic mass is 16.3. The summed E-state index contributed by atoms with van der Waals surface area (Å²) in [4.78, 5) is 2.33. The predicted molar refractivity (Wildman–Crippen MR) is 188 cm³/mol. The maximum atomic E-state index is 6.84. The van der Waals surface area contributed by atoms with Gasteiger partial charge >= 0.3 is 0 Å². The van der Waals surface area contributed by atoms with Gasteiger partial charge in [-0.15, -0.1) is 0 Å². The van der Waals surface area contributed by atoms with Crippen molar-refractivity contribution in [2.45, 2.75) is 0 Å². The fourth-order valence-electron chi connectivity index (χ4n) is 6.77. The van der Waals surface area contributed by atoms with Crippen LogP contribution in [0.5, 0.6) is 0 Å². The number of benzene rings is 7. The molecule has 0 atom stereocenters. The van der Waals surface area contributed by atoms with Gasteiger partial charge in [0, 0.05) is 33.2 Å². The Morgan fingerprint density at radius 3 is 1.80 bits per heavy atom. The molecular weight excluding hydrogens is 548 g/mol. The molecule has 0 unspecified atom stereocenters. The van der Waals surface area contributed by atoms with Crippen LogP contribution in [0.3, 0.4) is 0 Å². The van der Waals surface area contributed by atoms with E-state index in [1.807, 2.05) is 6.07 Å². The molecule has 3 heteroatoms. The highest BCUT2D eigenvalue weighted by Gasteiger charge is 2.25. The summed E-state index contributed by atoms with van der Waals surface area (Å²) in [6.45, 7) is 0. The summed E-state index contributed by atoms with van der Waals surface area (Å²) in [5.41, 5.74) is 10.7. The molecular formula is C42H28N2O. The highest BCUT2D eigenvalue weighted by molar-refractivity contribution is 6.27. The monoisotopic (exact) mass is 576 g/mol. The number of para-hydroxylation sites is 4. The van der Waals surface area contributed by atoms with Crippen molar-refractivity contribution in [3.05, 3.63) is 170 Å². The second-order valence-electron chi connectivity index (χ2n) is 11.4. The van der Waals surface area contributed by atoms with Crippen LogP contribution in [0.4, 0.5) is 17.1 Å². The van der Waals surface area contributed by atoms with Crippen LogP contribution < -0.4 is 4.90 Å². The number of furan rings is 1. The van der Waals surface area contributed by atoms with Crippen LogP contribution in [-0.4, -0.2) is 4.57 Å². The molecule has 0 N–H and O–H groups in total. The molecule has 2 aromatic heterocycles. The van der Waals surface area contributed by atoms with E-state index in [1.165, 1.54) is 27.4 Å². The topological polar surface area (TPSA) is 21.3 Å². The van der Waals surface area contributed by atoms with Gasteiger partial charge in [-0.2, -0.15) is 0 Å². The number of hydrogen-bond donors (Lipinski definition) is 0. The van der Waals surface area contributed by atoms with Gasteiger partial charge in [0.25, 0.3) is 0 Å². The van der Waals surface area contributed by atoms with Crippen molar-refractivity contribution in [3.8, 4) is 16.8 Å². The number of aromatic nitrogens is 1. The number of hydrogen-bond acceptors (Lipinski definition) is 2.